The van der Waals surface area contributed by atoms with Crippen molar-refractivity contribution in [2.24, 2.45) is 0 Å². The van der Waals surface area contributed by atoms with Gasteiger partial charge >= 0.3 is 131 Å². The van der Waals surface area contributed by atoms with Gasteiger partial charge in [0.05, 0.1) is 4.70 Å². The van der Waals surface area contributed by atoms with Crippen molar-refractivity contribution in [2.45, 2.75) is 50.7 Å². The van der Waals surface area contributed by atoms with Crippen LogP contribution in [-0.4, -0.2) is 23.2 Å². The molecule has 48 heavy (non-hydrogen) atoms. The largest absolute Gasteiger partial charge is 0.304 e. The second kappa shape index (κ2) is 15.0. The summed E-state index contributed by atoms with van der Waals surface area (Å²) in [5.74, 6) is 5.91. The van der Waals surface area contributed by atoms with Crippen LogP contribution in [0.25, 0.3) is 53.8 Å². The van der Waals surface area contributed by atoms with Crippen LogP contribution in [0.1, 0.15) is 46.0 Å². The van der Waals surface area contributed by atoms with Crippen molar-refractivity contribution in [1.29, 1.82) is 0 Å². The van der Waals surface area contributed by atoms with Crippen LogP contribution in [-0.2, 0) is 20.1 Å². The molecule has 3 aromatic heterocycles. The Kier molecular flexibility index (Phi) is 8.53. The fraction of sp³-hybridized carbons (Fsp3) is 0.190. The molecule has 0 aliphatic rings. The first-order chi connectivity index (χ1) is 25.2. The molecule has 0 atom stereocenters. The van der Waals surface area contributed by atoms with Gasteiger partial charge in [0.25, 0.3) is 0 Å². The van der Waals surface area contributed by atoms with Gasteiger partial charge < -0.3 is 4.98 Å². The van der Waals surface area contributed by atoms with Gasteiger partial charge in [0.2, 0.25) is 0 Å². The number of aromatic nitrogens is 2. The van der Waals surface area contributed by atoms with E-state index in [1.165, 1.54) is 27.9 Å². The summed E-state index contributed by atoms with van der Waals surface area (Å²) < 4.78 is 71.9. The Morgan fingerprint density at radius 2 is 1.60 bits per heavy atom. The summed E-state index contributed by atoms with van der Waals surface area (Å²) >= 11 is -0.804. The third-order valence-corrected chi connectivity index (χ3v) is 13.5. The molecule has 2 nitrogen and oxygen atoms in total. The SMILES string of the molecule is [2H]C([2H])([2H])c1c[c-]c(-c2cc(C([2H])(C)C)[c]([Ge]([CH3])([CH3])[CH3])cn2)cc1.[2H]C([2H])([2H])c1cc(-c2[c-]ccc3c2sc2c(F)cccc23)ncc1-c1ccccc1.[Ir]. The summed E-state index contributed by atoms with van der Waals surface area (Å²) in [6.45, 7) is -0.639. The number of rotatable bonds is 5. The predicted octanol–water partition coefficient (Wildman–Crippen LogP) is 11.6. The molecule has 6 heteroatoms. The Balaban J connectivity index is 0.000000213. The fourth-order valence-electron chi connectivity index (χ4n) is 5.56. The molecule has 0 bridgehead atoms. The van der Waals surface area contributed by atoms with Gasteiger partial charge in [-0.2, -0.15) is 11.3 Å². The summed E-state index contributed by atoms with van der Waals surface area (Å²) in [6, 6.07) is 32.7. The van der Waals surface area contributed by atoms with Gasteiger partial charge in [0.15, 0.2) is 0 Å². The quantitative estimate of drug-likeness (QED) is 0.127. The molecule has 245 valence electrons. The van der Waals surface area contributed by atoms with E-state index in [0.29, 0.717) is 21.5 Å². The summed E-state index contributed by atoms with van der Waals surface area (Å²) in [7, 11) is 0. The first kappa shape index (κ1) is 27.4. The Morgan fingerprint density at radius 1 is 0.833 bits per heavy atom. The number of hydrogen-bond acceptors (Lipinski definition) is 3. The van der Waals surface area contributed by atoms with Crippen molar-refractivity contribution in [3.63, 3.8) is 0 Å². The van der Waals surface area contributed by atoms with Crippen molar-refractivity contribution < 1.29 is 34.1 Å². The van der Waals surface area contributed by atoms with Gasteiger partial charge in [-0.05, 0) is 39.8 Å². The molecule has 0 fully saturated rings. The molecule has 7 rings (SSSR count). The number of hydrogen-bond donors (Lipinski definition) is 0. The molecule has 0 spiro atoms. The predicted molar refractivity (Wildman–Crippen MR) is 202 cm³/mol. The molecule has 0 aliphatic carbocycles. The van der Waals surface area contributed by atoms with E-state index in [1.54, 1.807) is 36.5 Å². The molecule has 3 heterocycles. The normalized spacial score (nSPS) is 14.2. The van der Waals surface area contributed by atoms with E-state index in [-0.39, 0.29) is 37.0 Å². The van der Waals surface area contributed by atoms with Crippen LogP contribution >= 0.6 is 11.3 Å². The topological polar surface area (TPSA) is 25.8 Å². The second-order valence-corrected chi connectivity index (χ2v) is 24.2. The zero-order valence-corrected chi connectivity index (χ0v) is 32.6. The van der Waals surface area contributed by atoms with Crippen molar-refractivity contribution in [3.05, 3.63) is 138 Å². The zero-order valence-electron chi connectivity index (χ0n) is 34.3. The smallest absolute Gasteiger partial charge is 0.140 e. The Labute approximate surface area is 314 Å². The standard InChI is InChI=1S/C24H15FNS.C18H24GeN.Ir/c1-15-13-22(26-14-20(15)16-7-3-2-4-8-16)19-11-5-9-17-18-10-6-12-21(25)24(18)27-23(17)19;1-13(2)16-11-18(15-9-7-14(3)8-10-15)20-12-17(16)19(4,5)6;/h2-10,12-14H,1H3;7-9,11-13H,1-6H3;/q2*-1;/i1D3;3D3,13D;. The minimum Gasteiger partial charge on any atom is -0.304 e. The number of aryl methyl sites for hydroxylation is 2. The number of fused-ring (bicyclic) bond motifs is 3. The number of nitrogens with zero attached hydrogens (tertiary/aromatic N) is 2. The van der Waals surface area contributed by atoms with Crippen molar-refractivity contribution in [1.82, 2.24) is 9.97 Å². The number of halogens is 1. The zero-order chi connectivity index (χ0) is 39.2. The molecular weight excluding hydrogens is 848 g/mol. The van der Waals surface area contributed by atoms with E-state index >= 15 is 0 Å². The Bertz CT molecular complexity index is 2450. The van der Waals surface area contributed by atoms with Gasteiger partial charge in [0.1, 0.15) is 5.82 Å². The minimum atomic E-state index is -2.30. The molecule has 0 amide bonds. The van der Waals surface area contributed by atoms with Gasteiger partial charge in [-0.25, -0.2) is 4.39 Å². The number of benzene rings is 4. The Hall–Kier alpha value is -3.48. The summed E-state index contributed by atoms with van der Waals surface area (Å²) in [6.07, 6.45) is 3.51. The Morgan fingerprint density at radius 3 is 2.29 bits per heavy atom. The van der Waals surface area contributed by atoms with E-state index in [4.69, 9.17) is 9.60 Å². The van der Waals surface area contributed by atoms with Crippen LogP contribution in [0.2, 0.25) is 17.3 Å². The second-order valence-electron chi connectivity index (χ2n) is 12.7. The molecule has 7 aromatic rings. The van der Waals surface area contributed by atoms with E-state index < -0.39 is 32.9 Å². The fourth-order valence-corrected chi connectivity index (χ4v) is 10.1. The summed E-state index contributed by atoms with van der Waals surface area (Å²) in [5, 5.41) is 1.75. The van der Waals surface area contributed by atoms with Gasteiger partial charge in [-0.1, -0.05) is 53.9 Å². The maximum atomic E-state index is 14.3. The molecule has 1 radical (unpaired) electrons. The first-order valence-electron chi connectivity index (χ1n) is 18.8. The maximum absolute atomic E-state index is 14.3. The van der Waals surface area contributed by atoms with Crippen LogP contribution in [0, 0.1) is 31.7 Å². The number of thiophene rings is 1. The van der Waals surface area contributed by atoms with Crippen LogP contribution in [0.3, 0.4) is 0 Å². The summed E-state index contributed by atoms with van der Waals surface area (Å²) in [4.78, 5) is 9.15. The monoisotopic (exact) mass is 896 g/mol. The molecule has 0 saturated heterocycles. The third kappa shape index (κ3) is 7.55. The van der Waals surface area contributed by atoms with E-state index in [0.717, 1.165) is 37.9 Å². The van der Waals surface area contributed by atoms with Crippen molar-refractivity contribution in [2.75, 3.05) is 0 Å². The van der Waals surface area contributed by atoms with E-state index in [1.807, 2.05) is 68.6 Å². The minimum absolute atomic E-state index is 0. The van der Waals surface area contributed by atoms with E-state index in [9.17, 15) is 4.39 Å². The first-order valence-corrected chi connectivity index (χ1v) is 23.5. The van der Waals surface area contributed by atoms with Gasteiger partial charge in [0, 0.05) is 36.0 Å². The number of pyridine rings is 2. The molecule has 0 N–H and O–H groups in total. The van der Waals surface area contributed by atoms with Crippen LogP contribution in [0.4, 0.5) is 4.39 Å². The maximum Gasteiger partial charge on any atom is 0.140 e. The van der Waals surface area contributed by atoms with Crippen LogP contribution in [0.15, 0.2) is 103 Å². The molecule has 0 unspecified atom stereocenters. The molecule has 0 aliphatic heterocycles. The average Bonchev–Trinajstić information content (AvgIpc) is 3.51. The van der Waals surface area contributed by atoms with Crippen LogP contribution in [0.5, 0.6) is 0 Å². The van der Waals surface area contributed by atoms with Gasteiger partial charge in [-0.15, -0.1) is 23.8 Å². The van der Waals surface area contributed by atoms with Crippen molar-refractivity contribution in [3.8, 4) is 33.6 Å². The van der Waals surface area contributed by atoms with E-state index in [2.05, 4.69) is 39.4 Å². The van der Waals surface area contributed by atoms with Crippen LogP contribution < -0.4 is 4.40 Å². The van der Waals surface area contributed by atoms with Gasteiger partial charge in [-0.3, -0.25) is 0 Å². The molecule has 0 saturated carbocycles. The summed E-state index contributed by atoms with van der Waals surface area (Å²) in [5.41, 5.74) is 5.57. The molecular formula is C42H39FGeIrN2S-2. The van der Waals surface area contributed by atoms with Crippen molar-refractivity contribution >= 4 is 49.2 Å². The average molecular weight is 895 g/mol. The third-order valence-electron chi connectivity index (χ3n) is 7.99. The molecule has 4 aromatic carbocycles.